The van der Waals surface area contributed by atoms with Crippen molar-refractivity contribution in [3.05, 3.63) is 0 Å². The summed E-state index contributed by atoms with van der Waals surface area (Å²) < 4.78 is 4.77. The molecular formula is C11H19NO5. The first kappa shape index (κ1) is 15.4. The molecule has 0 aromatic rings. The molecule has 0 fully saturated rings. The third-order valence-corrected chi connectivity index (χ3v) is 1.96. The molecule has 1 amide bonds. The summed E-state index contributed by atoms with van der Waals surface area (Å²) in [5.41, 5.74) is 0. The molecule has 0 aliphatic rings. The van der Waals surface area contributed by atoms with Crippen LogP contribution in [0.5, 0.6) is 0 Å². The summed E-state index contributed by atoms with van der Waals surface area (Å²) in [6.07, 6.45) is -0.787. The molecule has 0 radical (unpaired) electrons. The summed E-state index contributed by atoms with van der Waals surface area (Å²) in [5.74, 6) is -1.30. The molecule has 17 heavy (non-hydrogen) atoms. The number of hydrogen-bond donors (Lipinski definition) is 2. The van der Waals surface area contributed by atoms with E-state index in [-0.39, 0.29) is 31.1 Å². The fourth-order valence-corrected chi connectivity index (χ4v) is 0.998. The van der Waals surface area contributed by atoms with E-state index in [9.17, 15) is 14.4 Å². The number of alkyl carbamates (subject to hydrolysis) is 1. The van der Waals surface area contributed by atoms with Crippen LogP contribution in [-0.4, -0.2) is 35.6 Å². The number of carboxylic acid groups (broad SMARTS) is 1. The Hall–Kier alpha value is -1.59. The molecule has 0 spiro atoms. The number of rotatable bonds is 7. The Morgan fingerprint density at radius 3 is 2.29 bits per heavy atom. The Bertz CT molecular complexity index is 288. The standard InChI is InChI=1S/C11H19NO5/c1-4-8(13)5-9(10(14)15)12-11(16)17-6-7(2)3/h7,9H,4-6H2,1-3H3,(H,12,16)(H,14,15). The van der Waals surface area contributed by atoms with Crippen molar-refractivity contribution in [1.29, 1.82) is 0 Å². The number of carboxylic acids is 1. The Kier molecular flexibility index (Phi) is 6.93. The lowest BCUT2D eigenvalue weighted by Crippen LogP contribution is -2.42. The van der Waals surface area contributed by atoms with Gasteiger partial charge in [0.15, 0.2) is 0 Å². The predicted molar refractivity (Wildman–Crippen MR) is 60.7 cm³/mol. The lowest BCUT2D eigenvalue weighted by molar-refractivity contribution is -0.141. The van der Waals surface area contributed by atoms with E-state index in [2.05, 4.69) is 5.32 Å². The number of hydrogen-bond acceptors (Lipinski definition) is 4. The number of aliphatic carboxylic acids is 1. The second-order valence-corrected chi connectivity index (χ2v) is 4.12. The van der Waals surface area contributed by atoms with Crippen LogP contribution in [0.25, 0.3) is 0 Å². The summed E-state index contributed by atoms with van der Waals surface area (Å²) in [7, 11) is 0. The van der Waals surface area contributed by atoms with E-state index in [1.165, 1.54) is 0 Å². The maximum absolute atomic E-state index is 11.2. The molecular weight excluding hydrogens is 226 g/mol. The highest BCUT2D eigenvalue weighted by atomic mass is 16.5. The zero-order valence-corrected chi connectivity index (χ0v) is 10.4. The molecule has 0 aliphatic carbocycles. The third-order valence-electron chi connectivity index (χ3n) is 1.96. The SMILES string of the molecule is CCC(=O)CC(NC(=O)OCC(C)C)C(=O)O. The van der Waals surface area contributed by atoms with Crippen molar-refractivity contribution in [3.63, 3.8) is 0 Å². The van der Waals surface area contributed by atoms with Crippen molar-refractivity contribution in [2.45, 2.75) is 39.7 Å². The van der Waals surface area contributed by atoms with E-state index in [4.69, 9.17) is 9.84 Å². The van der Waals surface area contributed by atoms with Crippen molar-refractivity contribution >= 4 is 17.8 Å². The van der Waals surface area contributed by atoms with Gasteiger partial charge in [0.1, 0.15) is 11.8 Å². The lowest BCUT2D eigenvalue weighted by atomic mass is 10.1. The minimum Gasteiger partial charge on any atom is -0.480 e. The quantitative estimate of drug-likeness (QED) is 0.702. The Balaban J connectivity index is 4.20. The van der Waals surface area contributed by atoms with Crippen molar-refractivity contribution in [1.82, 2.24) is 5.32 Å². The largest absolute Gasteiger partial charge is 0.480 e. The highest BCUT2D eigenvalue weighted by molar-refractivity contribution is 5.87. The number of nitrogens with one attached hydrogen (secondary N) is 1. The fraction of sp³-hybridized carbons (Fsp3) is 0.727. The van der Waals surface area contributed by atoms with Gasteiger partial charge in [0.25, 0.3) is 0 Å². The zero-order chi connectivity index (χ0) is 13.4. The van der Waals surface area contributed by atoms with Gasteiger partial charge < -0.3 is 15.2 Å². The van der Waals surface area contributed by atoms with Gasteiger partial charge in [0.05, 0.1) is 6.61 Å². The van der Waals surface area contributed by atoms with Crippen LogP contribution in [-0.2, 0) is 14.3 Å². The number of amides is 1. The first-order valence-corrected chi connectivity index (χ1v) is 5.54. The lowest BCUT2D eigenvalue weighted by Gasteiger charge is -2.14. The Morgan fingerprint density at radius 1 is 1.29 bits per heavy atom. The van der Waals surface area contributed by atoms with E-state index >= 15 is 0 Å². The average molecular weight is 245 g/mol. The number of ether oxygens (including phenoxy) is 1. The second-order valence-electron chi connectivity index (χ2n) is 4.12. The maximum Gasteiger partial charge on any atom is 0.407 e. The summed E-state index contributed by atoms with van der Waals surface area (Å²) in [6, 6.07) is -1.22. The molecule has 6 heteroatoms. The normalized spacial score (nSPS) is 12.0. The predicted octanol–water partition coefficient (Wildman–Crippen LogP) is 1.19. The fourth-order valence-electron chi connectivity index (χ4n) is 0.998. The van der Waals surface area contributed by atoms with E-state index in [1.54, 1.807) is 6.92 Å². The zero-order valence-electron chi connectivity index (χ0n) is 10.4. The van der Waals surface area contributed by atoms with Gasteiger partial charge in [-0.25, -0.2) is 9.59 Å². The van der Waals surface area contributed by atoms with Gasteiger partial charge in [-0.05, 0) is 5.92 Å². The van der Waals surface area contributed by atoms with Crippen molar-refractivity contribution in [3.8, 4) is 0 Å². The second kappa shape index (κ2) is 7.65. The molecule has 98 valence electrons. The van der Waals surface area contributed by atoms with Gasteiger partial charge in [-0.3, -0.25) is 4.79 Å². The van der Waals surface area contributed by atoms with Crippen LogP contribution in [0, 0.1) is 5.92 Å². The van der Waals surface area contributed by atoms with E-state index < -0.39 is 18.1 Å². The summed E-state index contributed by atoms with van der Waals surface area (Å²) >= 11 is 0. The van der Waals surface area contributed by atoms with Gasteiger partial charge in [-0.2, -0.15) is 0 Å². The molecule has 0 bridgehead atoms. The van der Waals surface area contributed by atoms with Gasteiger partial charge in [-0.15, -0.1) is 0 Å². The average Bonchev–Trinajstić information content (AvgIpc) is 2.25. The summed E-state index contributed by atoms with van der Waals surface area (Å²) in [4.78, 5) is 33.1. The van der Waals surface area contributed by atoms with E-state index in [0.717, 1.165) is 0 Å². The highest BCUT2D eigenvalue weighted by Gasteiger charge is 2.23. The molecule has 0 rings (SSSR count). The highest BCUT2D eigenvalue weighted by Crippen LogP contribution is 1.99. The van der Waals surface area contributed by atoms with Gasteiger partial charge in [-0.1, -0.05) is 20.8 Å². The molecule has 0 heterocycles. The minimum absolute atomic E-state index is 0.168. The van der Waals surface area contributed by atoms with Crippen LogP contribution in [0.2, 0.25) is 0 Å². The molecule has 0 saturated heterocycles. The number of carbonyl (C=O) groups is 3. The molecule has 6 nitrogen and oxygen atoms in total. The van der Waals surface area contributed by atoms with Gasteiger partial charge in [0, 0.05) is 12.8 Å². The number of Topliss-reactive ketones (excluding diaryl/α,β-unsaturated/α-hetero) is 1. The van der Waals surface area contributed by atoms with Crippen LogP contribution in [0.3, 0.4) is 0 Å². The Labute approximate surface area is 100 Å². The van der Waals surface area contributed by atoms with Gasteiger partial charge in [0.2, 0.25) is 0 Å². The topological polar surface area (TPSA) is 92.7 Å². The smallest absolute Gasteiger partial charge is 0.407 e. The van der Waals surface area contributed by atoms with Crippen LogP contribution in [0.15, 0.2) is 0 Å². The van der Waals surface area contributed by atoms with E-state index in [0.29, 0.717) is 0 Å². The third kappa shape index (κ3) is 7.32. The first-order chi connectivity index (χ1) is 7.86. The molecule has 0 aliphatic heterocycles. The monoisotopic (exact) mass is 245 g/mol. The maximum atomic E-state index is 11.2. The molecule has 0 saturated carbocycles. The van der Waals surface area contributed by atoms with Crippen LogP contribution < -0.4 is 5.32 Å². The van der Waals surface area contributed by atoms with Gasteiger partial charge >= 0.3 is 12.1 Å². The van der Waals surface area contributed by atoms with E-state index in [1.807, 2.05) is 13.8 Å². The van der Waals surface area contributed by atoms with Crippen LogP contribution >= 0.6 is 0 Å². The van der Waals surface area contributed by atoms with Crippen molar-refractivity contribution in [2.75, 3.05) is 6.61 Å². The number of carbonyl (C=O) groups excluding carboxylic acids is 2. The van der Waals surface area contributed by atoms with Crippen LogP contribution in [0.4, 0.5) is 4.79 Å². The van der Waals surface area contributed by atoms with Crippen molar-refractivity contribution < 1.29 is 24.2 Å². The first-order valence-electron chi connectivity index (χ1n) is 5.54. The molecule has 0 aromatic carbocycles. The Morgan fingerprint density at radius 2 is 1.88 bits per heavy atom. The number of ketones is 1. The van der Waals surface area contributed by atoms with Crippen molar-refractivity contribution in [2.24, 2.45) is 5.92 Å². The summed E-state index contributed by atoms with van der Waals surface area (Å²) in [5, 5.41) is 11.0. The molecule has 1 atom stereocenters. The molecule has 0 aromatic heterocycles. The molecule has 2 N–H and O–H groups in total. The van der Waals surface area contributed by atoms with Crippen LogP contribution in [0.1, 0.15) is 33.6 Å². The summed E-state index contributed by atoms with van der Waals surface area (Å²) in [6.45, 7) is 5.57. The minimum atomic E-state index is -1.24. The molecule has 1 unspecified atom stereocenters.